The quantitative estimate of drug-likeness (QED) is 0.269. The molecule has 0 unspecified atom stereocenters. The number of nitriles is 1. The fourth-order valence-corrected chi connectivity index (χ4v) is 2.30. The van der Waals surface area contributed by atoms with Gasteiger partial charge in [0.25, 0.3) is 0 Å². The van der Waals surface area contributed by atoms with Gasteiger partial charge in [-0.25, -0.2) is 4.79 Å². The van der Waals surface area contributed by atoms with Crippen LogP contribution >= 0.6 is 0 Å². The van der Waals surface area contributed by atoms with Crippen molar-refractivity contribution in [1.29, 1.82) is 5.26 Å². The number of carbonyl (C=O) groups is 3. The van der Waals surface area contributed by atoms with Crippen molar-refractivity contribution in [3.05, 3.63) is 34.9 Å². The van der Waals surface area contributed by atoms with E-state index in [1.165, 1.54) is 13.2 Å². The first-order valence-electron chi connectivity index (χ1n) is 8.58. The van der Waals surface area contributed by atoms with Gasteiger partial charge in [-0.05, 0) is 37.6 Å². The van der Waals surface area contributed by atoms with Crippen LogP contribution in [0.1, 0.15) is 37.8 Å². The third kappa shape index (κ3) is 6.94. The van der Waals surface area contributed by atoms with Gasteiger partial charge in [0, 0.05) is 12.0 Å². The molecule has 0 saturated carbocycles. The van der Waals surface area contributed by atoms with Crippen molar-refractivity contribution < 1.29 is 28.6 Å². The second-order valence-electron chi connectivity index (χ2n) is 5.42. The first kappa shape index (κ1) is 21.9. The van der Waals surface area contributed by atoms with Gasteiger partial charge in [0.05, 0.1) is 39.2 Å². The van der Waals surface area contributed by atoms with E-state index in [9.17, 15) is 14.4 Å². The van der Waals surface area contributed by atoms with Gasteiger partial charge in [-0.15, -0.1) is 0 Å². The molecule has 1 aromatic rings. The van der Waals surface area contributed by atoms with Crippen LogP contribution in [0.4, 0.5) is 0 Å². The zero-order valence-corrected chi connectivity index (χ0v) is 15.7. The van der Waals surface area contributed by atoms with E-state index in [-0.39, 0.29) is 38.0 Å². The predicted octanol–water partition coefficient (Wildman–Crippen LogP) is 2.62. The number of methoxy groups -OCH3 is 1. The molecule has 0 radical (unpaired) electrons. The highest BCUT2D eigenvalue weighted by Crippen LogP contribution is 2.24. The molecular formula is C20H23NO6. The van der Waals surface area contributed by atoms with E-state index in [1.807, 2.05) is 6.07 Å². The number of carbonyl (C=O) groups excluding carboxylic acids is 3. The highest BCUT2D eigenvalue weighted by Gasteiger charge is 2.21. The predicted molar refractivity (Wildman–Crippen MR) is 97.8 cm³/mol. The number of nitrogens with zero attached hydrogens (tertiary/aromatic N) is 1. The maximum Gasteiger partial charge on any atom is 0.341 e. The summed E-state index contributed by atoms with van der Waals surface area (Å²) in [6.45, 7) is 3.63. The molecule has 0 aromatic heterocycles. The van der Waals surface area contributed by atoms with Gasteiger partial charge in [0.1, 0.15) is 11.3 Å². The summed E-state index contributed by atoms with van der Waals surface area (Å²) < 4.78 is 15.0. The first-order chi connectivity index (χ1) is 13.0. The van der Waals surface area contributed by atoms with E-state index in [2.05, 4.69) is 0 Å². The van der Waals surface area contributed by atoms with Crippen LogP contribution in [0, 0.1) is 11.3 Å². The summed E-state index contributed by atoms with van der Waals surface area (Å²) >= 11 is 0. The molecule has 0 aliphatic heterocycles. The highest BCUT2D eigenvalue weighted by atomic mass is 16.5. The maximum absolute atomic E-state index is 12.5. The summed E-state index contributed by atoms with van der Waals surface area (Å²) in [5, 5.41) is 8.86. The number of hydrogen-bond donors (Lipinski definition) is 0. The molecule has 0 heterocycles. The van der Waals surface area contributed by atoms with Crippen LogP contribution < -0.4 is 4.74 Å². The fraction of sp³-hybridized carbons (Fsp3) is 0.400. The van der Waals surface area contributed by atoms with Crippen LogP contribution in [0.15, 0.2) is 23.8 Å². The highest BCUT2D eigenvalue weighted by molar-refractivity contribution is 6.21. The lowest BCUT2D eigenvalue weighted by Gasteiger charge is -2.10. The fourth-order valence-electron chi connectivity index (χ4n) is 2.30. The number of esters is 2. The van der Waals surface area contributed by atoms with E-state index < -0.39 is 17.7 Å². The van der Waals surface area contributed by atoms with Crippen molar-refractivity contribution in [2.24, 2.45) is 0 Å². The zero-order valence-electron chi connectivity index (χ0n) is 15.7. The molecular weight excluding hydrogens is 350 g/mol. The molecule has 7 nitrogen and oxygen atoms in total. The van der Waals surface area contributed by atoms with Crippen LogP contribution in [-0.2, 0) is 30.3 Å². The van der Waals surface area contributed by atoms with Gasteiger partial charge < -0.3 is 14.2 Å². The second kappa shape index (κ2) is 11.5. The lowest BCUT2D eigenvalue weighted by Crippen LogP contribution is -2.17. The Morgan fingerprint density at radius 2 is 1.81 bits per heavy atom. The Morgan fingerprint density at radius 3 is 2.41 bits per heavy atom. The maximum atomic E-state index is 12.5. The number of hydrogen-bond acceptors (Lipinski definition) is 7. The Kier molecular flexibility index (Phi) is 9.30. The van der Waals surface area contributed by atoms with Crippen LogP contribution in [0.2, 0.25) is 0 Å². The zero-order chi connectivity index (χ0) is 20.2. The van der Waals surface area contributed by atoms with Crippen LogP contribution in [0.5, 0.6) is 5.75 Å². The summed E-state index contributed by atoms with van der Waals surface area (Å²) in [5.74, 6) is -1.38. The number of rotatable bonds is 10. The van der Waals surface area contributed by atoms with Gasteiger partial charge in [0.2, 0.25) is 0 Å². The van der Waals surface area contributed by atoms with Crippen LogP contribution in [0.25, 0.3) is 6.08 Å². The van der Waals surface area contributed by atoms with Crippen LogP contribution in [0.3, 0.4) is 0 Å². The molecule has 0 aliphatic rings. The number of benzene rings is 1. The molecule has 27 heavy (non-hydrogen) atoms. The van der Waals surface area contributed by atoms with Crippen molar-refractivity contribution in [3.63, 3.8) is 0 Å². The average Bonchev–Trinajstić information content (AvgIpc) is 2.65. The molecule has 144 valence electrons. The van der Waals surface area contributed by atoms with E-state index in [1.54, 1.807) is 32.0 Å². The Balaban J connectivity index is 3.21. The first-order valence-corrected chi connectivity index (χ1v) is 8.58. The SMILES string of the molecule is CCOC(=O)CCC(=O)/C(=C\c1cc(CC#N)ccc1OC)C(=O)OCC. The smallest absolute Gasteiger partial charge is 0.341 e. The Morgan fingerprint density at radius 1 is 1.11 bits per heavy atom. The normalized spacial score (nSPS) is 10.7. The third-order valence-electron chi connectivity index (χ3n) is 3.53. The molecule has 1 rings (SSSR count). The molecule has 0 saturated heterocycles. The minimum absolute atomic E-state index is 0.104. The molecule has 0 aliphatic carbocycles. The van der Waals surface area contributed by atoms with E-state index in [4.69, 9.17) is 19.5 Å². The largest absolute Gasteiger partial charge is 0.496 e. The number of ether oxygens (including phenoxy) is 3. The topological polar surface area (TPSA) is 103 Å². The number of Topliss-reactive ketones (excluding diaryl/α,β-unsaturated/α-hetero) is 1. The van der Waals surface area contributed by atoms with Gasteiger partial charge in [0.15, 0.2) is 5.78 Å². The molecule has 1 aromatic carbocycles. The summed E-state index contributed by atoms with van der Waals surface area (Å²) in [7, 11) is 1.46. The number of ketones is 1. The molecule has 0 N–H and O–H groups in total. The van der Waals surface area contributed by atoms with E-state index >= 15 is 0 Å². The molecule has 7 heteroatoms. The lowest BCUT2D eigenvalue weighted by molar-refractivity contribution is -0.145. The van der Waals surface area contributed by atoms with Gasteiger partial charge in [-0.1, -0.05) is 6.07 Å². The summed E-state index contributed by atoms with van der Waals surface area (Å²) in [6.07, 6.45) is 1.24. The monoisotopic (exact) mass is 373 g/mol. The molecule has 0 amide bonds. The third-order valence-corrected chi connectivity index (χ3v) is 3.53. The molecule has 0 bridgehead atoms. The molecule has 0 fully saturated rings. The molecule has 0 atom stereocenters. The van der Waals surface area contributed by atoms with E-state index in [0.29, 0.717) is 16.9 Å². The summed E-state index contributed by atoms with van der Waals surface area (Å²) in [6, 6.07) is 7.09. The van der Waals surface area contributed by atoms with E-state index in [0.717, 1.165) is 0 Å². The van der Waals surface area contributed by atoms with Crippen molar-refractivity contribution in [2.75, 3.05) is 20.3 Å². The second-order valence-corrected chi connectivity index (χ2v) is 5.42. The standard InChI is InChI=1S/C20H23NO6/c1-4-26-19(23)9-7-17(22)16(20(24)27-5-2)13-15-12-14(10-11-21)6-8-18(15)25-3/h6,8,12-13H,4-5,7,9-10H2,1-3H3/b16-13+. The minimum Gasteiger partial charge on any atom is -0.496 e. The van der Waals surface area contributed by atoms with Crippen molar-refractivity contribution in [1.82, 2.24) is 0 Å². The van der Waals surface area contributed by atoms with Crippen molar-refractivity contribution in [3.8, 4) is 11.8 Å². The van der Waals surface area contributed by atoms with Crippen molar-refractivity contribution in [2.45, 2.75) is 33.1 Å². The van der Waals surface area contributed by atoms with Gasteiger partial charge >= 0.3 is 11.9 Å². The van der Waals surface area contributed by atoms with Gasteiger partial charge in [-0.2, -0.15) is 5.26 Å². The summed E-state index contributed by atoms with van der Waals surface area (Å²) in [5.41, 5.74) is 0.998. The molecule has 0 spiro atoms. The summed E-state index contributed by atoms with van der Waals surface area (Å²) in [4.78, 5) is 36.2. The lowest BCUT2D eigenvalue weighted by atomic mass is 10.0. The van der Waals surface area contributed by atoms with Crippen LogP contribution in [-0.4, -0.2) is 38.0 Å². The Labute approximate surface area is 158 Å². The average molecular weight is 373 g/mol. The minimum atomic E-state index is -0.779. The van der Waals surface area contributed by atoms with Crippen molar-refractivity contribution >= 4 is 23.8 Å². The Bertz CT molecular complexity index is 760. The Hall–Kier alpha value is -3.14. The van der Waals surface area contributed by atoms with Gasteiger partial charge in [-0.3, -0.25) is 9.59 Å².